The Kier molecular flexibility index (Phi) is 8.84. The van der Waals surface area contributed by atoms with Gasteiger partial charge in [0.1, 0.15) is 11.5 Å². The summed E-state index contributed by atoms with van der Waals surface area (Å²) in [5.41, 5.74) is 2.07. The van der Waals surface area contributed by atoms with E-state index in [1.807, 2.05) is 48.5 Å². The van der Waals surface area contributed by atoms with E-state index < -0.39 is 6.10 Å². The molecule has 2 aromatic carbocycles. The van der Waals surface area contributed by atoms with Crippen molar-refractivity contribution < 1.29 is 24.1 Å². The van der Waals surface area contributed by atoms with Crippen LogP contribution in [0.4, 0.5) is 0 Å². The van der Waals surface area contributed by atoms with Crippen molar-refractivity contribution >= 4 is 0 Å². The summed E-state index contributed by atoms with van der Waals surface area (Å²) in [5, 5.41) is 10.3. The van der Waals surface area contributed by atoms with Crippen LogP contribution in [0.5, 0.6) is 11.5 Å². The third-order valence-electron chi connectivity index (χ3n) is 4.25. The summed E-state index contributed by atoms with van der Waals surface area (Å²) in [5.74, 6) is 1.42. The first kappa shape index (κ1) is 21.0. The molecule has 1 N–H and O–H groups in total. The Morgan fingerprint density at radius 2 is 1.26 bits per heavy atom. The zero-order valence-electron chi connectivity index (χ0n) is 16.0. The number of rotatable bonds is 12. The molecule has 0 fully saturated rings. The fourth-order valence-electron chi connectivity index (χ4n) is 2.51. The van der Waals surface area contributed by atoms with Gasteiger partial charge in [0.25, 0.3) is 0 Å². The Bertz CT molecular complexity index is 666. The summed E-state index contributed by atoms with van der Waals surface area (Å²) >= 11 is 0. The number of ether oxygens (including phenoxy) is 4. The second kappa shape index (κ2) is 11.4. The Morgan fingerprint density at radius 3 is 1.67 bits per heavy atom. The van der Waals surface area contributed by atoms with E-state index in [9.17, 15) is 5.11 Å². The smallest absolute Gasteiger partial charge is 0.118 e. The van der Waals surface area contributed by atoms with Crippen LogP contribution >= 0.6 is 0 Å². The normalized spacial score (nSPS) is 13.0. The fourth-order valence-corrected chi connectivity index (χ4v) is 2.51. The molecule has 0 saturated carbocycles. The zero-order chi connectivity index (χ0) is 19.5. The highest BCUT2D eigenvalue weighted by atomic mass is 16.5. The average molecular weight is 372 g/mol. The maximum absolute atomic E-state index is 10.3. The maximum Gasteiger partial charge on any atom is 0.118 e. The van der Waals surface area contributed by atoms with Crippen LogP contribution in [0.3, 0.4) is 0 Å². The van der Waals surface area contributed by atoms with Crippen LogP contribution in [0.2, 0.25) is 0 Å². The lowest BCUT2D eigenvalue weighted by molar-refractivity contribution is -0.0180. The lowest BCUT2D eigenvalue weighted by atomic mass is 10.0. The molecule has 0 saturated heterocycles. The van der Waals surface area contributed by atoms with Gasteiger partial charge in [-0.25, -0.2) is 0 Å². The zero-order valence-corrected chi connectivity index (χ0v) is 16.0. The van der Waals surface area contributed by atoms with Crippen molar-refractivity contribution in [2.75, 3.05) is 27.4 Å². The van der Waals surface area contributed by atoms with Gasteiger partial charge in [0.2, 0.25) is 0 Å². The minimum atomic E-state index is -0.670. The van der Waals surface area contributed by atoms with E-state index in [1.54, 1.807) is 20.3 Å². The monoisotopic (exact) mass is 372 g/mol. The van der Waals surface area contributed by atoms with Crippen molar-refractivity contribution in [3.63, 3.8) is 0 Å². The molecule has 2 rings (SSSR count). The second-order valence-corrected chi connectivity index (χ2v) is 6.19. The van der Waals surface area contributed by atoms with Crippen molar-refractivity contribution in [2.24, 2.45) is 5.92 Å². The average Bonchev–Trinajstić information content (AvgIpc) is 2.72. The lowest BCUT2D eigenvalue weighted by Gasteiger charge is -2.20. The van der Waals surface area contributed by atoms with Crippen molar-refractivity contribution in [1.29, 1.82) is 0 Å². The van der Waals surface area contributed by atoms with Gasteiger partial charge in [0.15, 0.2) is 0 Å². The molecule has 0 radical (unpaired) electrons. The van der Waals surface area contributed by atoms with Gasteiger partial charge < -0.3 is 24.1 Å². The molecule has 5 nitrogen and oxygen atoms in total. The van der Waals surface area contributed by atoms with Gasteiger partial charge in [0, 0.05) is 5.92 Å². The first-order valence-corrected chi connectivity index (χ1v) is 8.88. The molecule has 0 aliphatic rings. The molecule has 0 bridgehead atoms. The van der Waals surface area contributed by atoms with Crippen molar-refractivity contribution in [1.82, 2.24) is 0 Å². The first-order chi connectivity index (χ1) is 13.2. The van der Waals surface area contributed by atoms with E-state index >= 15 is 0 Å². The molecule has 0 unspecified atom stereocenters. The van der Waals surface area contributed by atoms with Crippen LogP contribution in [0.15, 0.2) is 61.2 Å². The maximum atomic E-state index is 10.3. The van der Waals surface area contributed by atoms with E-state index in [0.29, 0.717) is 19.8 Å². The van der Waals surface area contributed by atoms with Crippen LogP contribution in [-0.4, -0.2) is 38.6 Å². The molecule has 27 heavy (non-hydrogen) atoms. The molecule has 0 heterocycles. The van der Waals surface area contributed by atoms with Crippen LogP contribution in [0.1, 0.15) is 11.1 Å². The van der Waals surface area contributed by atoms with Crippen LogP contribution in [0.25, 0.3) is 0 Å². The Hall–Kier alpha value is -2.34. The SMILES string of the molecule is C=C[C@H](COCc1ccc(OC)cc1)[C@H](O)COCc1ccc(OC)cc1. The molecule has 2 aromatic rings. The van der Waals surface area contributed by atoms with Crippen molar-refractivity contribution in [3.8, 4) is 11.5 Å². The van der Waals surface area contributed by atoms with Gasteiger partial charge in [-0.3, -0.25) is 0 Å². The number of aliphatic hydroxyl groups excluding tert-OH is 1. The van der Waals surface area contributed by atoms with E-state index in [0.717, 1.165) is 22.6 Å². The molecular formula is C22H28O5. The van der Waals surface area contributed by atoms with Crippen LogP contribution in [-0.2, 0) is 22.7 Å². The van der Waals surface area contributed by atoms with Gasteiger partial charge in [-0.1, -0.05) is 30.3 Å². The number of aliphatic hydroxyl groups is 1. The largest absolute Gasteiger partial charge is 0.497 e. The van der Waals surface area contributed by atoms with Gasteiger partial charge >= 0.3 is 0 Å². The Labute approximate surface area is 161 Å². The molecule has 0 spiro atoms. The quantitative estimate of drug-likeness (QED) is 0.577. The molecule has 0 aliphatic heterocycles. The third kappa shape index (κ3) is 7.06. The molecule has 5 heteroatoms. The molecule has 0 amide bonds. The highest BCUT2D eigenvalue weighted by molar-refractivity contribution is 5.27. The predicted molar refractivity (Wildman–Crippen MR) is 105 cm³/mol. The van der Waals surface area contributed by atoms with Gasteiger partial charge in [-0.15, -0.1) is 6.58 Å². The van der Waals surface area contributed by atoms with E-state index in [2.05, 4.69) is 6.58 Å². The second-order valence-electron chi connectivity index (χ2n) is 6.19. The highest BCUT2D eigenvalue weighted by Gasteiger charge is 2.16. The lowest BCUT2D eigenvalue weighted by Crippen LogP contribution is -2.28. The van der Waals surface area contributed by atoms with Crippen LogP contribution < -0.4 is 9.47 Å². The number of hydrogen-bond acceptors (Lipinski definition) is 5. The molecule has 2 atom stereocenters. The Balaban J connectivity index is 1.70. The van der Waals surface area contributed by atoms with Gasteiger partial charge in [-0.05, 0) is 35.4 Å². The summed E-state index contributed by atoms with van der Waals surface area (Å²) < 4.78 is 21.6. The minimum Gasteiger partial charge on any atom is -0.497 e. The van der Waals surface area contributed by atoms with E-state index in [-0.39, 0.29) is 12.5 Å². The Morgan fingerprint density at radius 1 is 0.815 bits per heavy atom. The van der Waals surface area contributed by atoms with Gasteiger partial charge in [-0.2, -0.15) is 0 Å². The van der Waals surface area contributed by atoms with Gasteiger partial charge in [0.05, 0.1) is 46.8 Å². The summed E-state index contributed by atoms with van der Waals surface area (Å²) in [4.78, 5) is 0. The summed E-state index contributed by atoms with van der Waals surface area (Å²) in [6.07, 6.45) is 1.03. The predicted octanol–water partition coefficient (Wildman–Crippen LogP) is 3.60. The van der Waals surface area contributed by atoms with E-state index in [4.69, 9.17) is 18.9 Å². The van der Waals surface area contributed by atoms with Crippen LogP contribution in [0, 0.1) is 5.92 Å². The minimum absolute atomic E-state index is 0.195. The summed E-state index contributed by atoms with van der Waals surface area (Å²) in [7, 11) is 3.27. The van der Waals surface area contributed by atoms with Crippen molar-refractivity contribution in [3.05, 3.63) is 72.3 Å². The molecular weight excluding hydrogens is 344 g/mol. The fraction of sp³-hybridized carbons (Fsp3) is 0.364. The van der Waals surface area contributed by atoms with Crippen molar-refractivity contribution in [2.45, 2.75) is 19.3 Å². The number of methoxy groups -OCH3 is 2. The molecule has 0 aliphatic carbocycles. The highest BCUT2D eigenvalue weighted by Crippen LogP contribution is 2.15. The standard InChI is InChI=1S/C22H28O5/c1-4-19(15-26-13-17-5-9-20(24-2)10-6-17)22(23)16-27-14-18-7-11-21(25-3)12-8-18/h4-12,19,22-23H,1,13-16H2,2-3H3/t19-,22-/m1/s1. The van der Waals surface area contributed by atoms with E-state index in [1.165, 1.54) is 0 Å². The number of benzene rings is 2. The summed E-state index contributed by atoms with van der Waals surface area (Å²) in [6, 6.07) is 15.3. The topological polar surface area (TPSA) is 57.2 Å². The molecule has 0 aromatic heterocycles. The third-order valence-corrected chi connectivity index (χ3v) is 4.25. The number of hydrogen-bond donors (Lipinski definition) is 1. The summed E-state index contributed by atoms with van der Waals surface area (Å²) in [6.45, 7) is 5.28. The molecule has 146 valence electrons. The first-order valence-electron chi connectivity index (χ1n) is 8.88.